The van der Waals surface area contributed by atoms with E-state index in [-0.39, 0.29) is 15.9 Å². The number of nitro groups is 1. The van der Waals surface area contributed by atoms with Gasteiger partial charge in [0.15, 0.2) is 0 Å². The number of benzene rings is 1. The molecule has 0 radical (unpaired) electrons. The first-order valence-corrected chi connectivity index (χ1v) is 7.74. The zero-order chi connectivity index (χ0) is 17.5. The van der Waals surface area contributed by atoms with E-state index in [9.17, 15) is 24.9 Å². The lowest BCUT2D eigenvalue weighted by Crippen LogP contribution is -2.30. The minimum absolute atomic E-state index is 0.0128. The van der Waals surface area contributed by atoms with Crippen LogP contribution in [0.4, 0.5) is 5.82 Å². The molecule has 0 unspecified atom stereocenters. The van der Waals surface area contributed by atoms with E-state index in [4.69, 9.17) is 0 Å². The monoisotopic (exact) mass is 338 g/mol. The summed E-state index contributed by atoms with van der Waals surface area (Å²) < 4.78 is 0.220. The van der Waals surface area contributed by atoms with Crippen LogP contribution in [0.5, 0.6) is 0 Å². The van der Waals surface area contributed by atoms with Crippen LogP contribution in [-0.2, 0) is 12.8 Å². The van der Waals surface area contributed by atoms with Gasteiger partial charge in [0.05, 0.1) is 28.1 Å². The number of amides is 2. The number of aryl methyl sites for hydroxylation is 1. The van der Waals surface area contributed by atoms with Crippen LogP contribution in [0.1, 0.15) is 38.3 Å². The molecule has 0 saturated carbocycles. The third-order valence-corrected chi connectivity index (χ3v) is 5.02. The normalized spacial score (nSPS) is 15.7. The van der Waals surface area contributed by atoms with Crippen molar-refractivity contribution >= 4 is 39.6 Å². The Labute approximate surface area is 139 Å². The Morgan fingerprint density at radius 1 is 1.08 bits per heavy atom. The summed E-state index contributed by atoms with van der Waals surface area (Å²) in [6.45, 7) is 0. The number of nitrogens with one attached hydrogen (secondary N) is 2. The highest BCUT2D eigenvalue weighted by Gasteiger charge is 2.38. The lowest BCUT2D eigenvalue weighted by molar-refractivity contribution is -0.645. The summed E-state index contributed by atoms with van der Waals surface area (Å²) in [5.74, 6) is -1.53. The number of H-pyrrole nitrogens is 1. The summed E-state index contributed by atoms with van der Waals surface area (Å²) in [6, 6.07) is 2.55. The van der Waals surface area contributed by atoms with E-state index >= 15 is 0 Å². The van der Waals surface area contributed by atoms with E-state index in [2.05, 4.69) is 10.3 Å². The molecule has 1 aromatic carbocycles. The first-order valence-electron chi connectivity index (χ1n) is 7.74. The smallest absolute Gasteiger partial charge is 0.514 e. The number of carbonyl (C=O) groups is 2. The molecule has 25 heavy (non-hydrogen) atoms. The number of aromatic amines is 1. The number of pyridine rings is 1. The van der Waals surface area contributed by atoms with Crippen LogP contribution in [-0.4, -0.2) is 21.7 Å². The Hall–Kier alpha value is -3.49. The summed E-state index contributed by atoms with van der Waals surface area (Å²) in [4.78, 5) is 37.8. The number of rotatable bonds is 1. The summed E-state index contributed by atoms with van der Waals surface area (Å²) in [7, 11) is 0. The van der Waals surface area contributed by atoms with E-state index < -0.39 is 22.6 Å². The van der Waals surface area contributed by atoms with E-state index in [1.165, 1.54) is 6.07 Å². The molecule has 0 saturated heterocycles. The number of imide groups is 1. The van der Waals surface area contributed by atoms with Crippen molar-refractivity contribution in [2.75, 3.05) is 0 Å². The molecule has 2 amide bonds. The van der Waals surface area contributed by atoms with E-state index in [1.807, 2.05) is 0 Å². The molecule has 0 spiro atoms. The van der Waals surface area contributed by atoms with E-state index in [1.54, 1.807) is 0 Å². The number of carbonyl (C=O) groups excluding carboxylic acids is 2. The Morgan fingerprint density at radius 2 is 1.80 bits per heavy atom. The molecule has 5 rings (SSSR count). The predicted octanol–water partition coefficient (Wildman–Crippen LogP) is 1.24. The lowest BCUT2D eigenvalue weighted by Gasteiger charge is -2.06. The highest BCUT2D eigenvalue weighted by molar-refractivity contribution is 6.31. The van der Waals surface area contributed by atoms with Crippen molar-refractivity contribution < 1.29 is 19.2 Å². The molecule has 9 nitrogen and oxygen atoms in total. The fourth-order valence-electron chi connectivity index (χ4n) is 4.06. The van der Waals surface area contributed by atoms with Crippen molar-refractivity contribution in [3.8, 4) is 0 Å². The van der Waals surface area contributed by atoms with Crippen LogP contribution < -0.4 is 10.0 Å². The molecular weight excluding hydrogens is 328 g/mol. The summed E-state index contributed by atoms with van der Waals surface area (Å²) in [5, 5.41) is 26.6. The first-order chi connectivity index (χ1) is 12.0. The molecule has 2 N–H and O–H groups in total. The van der Waals surface area contributed by atoms with Gasteiger partial charge in [0.25, 0.3) is 11.8 Å². The number of fused-ring (bicyclic) bond motifs is 8. The average Bonchev–Trinajstić information content (AvgIpc) is 3.23. The van der Waals surface area contributed by atoms with Gasteiger partial charge >= 0.3 is 11.5 Å². The van der Waals surface area contributed by atoms with Crippen LogP contribution >= 0.6 is 0 Å². The maximum atomic E-state index is 12.4. The van der Waals surface area contributed by atoms with Crippen molar-refractivity contribution in [3.05, 3.63) is 49.7 Å². The van der Waals surface area contributed by atoms with Gasteiger partial charge in [0.1, 0.15) is 4.92 Å². The Morgan fingerprint density at radius 3 is 2.56 bits per heavy atom. The lowest BCUT2D eigenvalue weighted by atomic mass is 9.94. The molecule has 124 valence electrons. The second kappa shape index (κ2) is 4.32. The molecule has 2 aromatic heterocycles. The largest absolute Gasteiger partial charge is 0.612 e. The summed E-state index contributed by atoms with van der Waals surface area (Å²) in [5.41, 5.74) is 2.97. The fourth-order valence-corrected chi connectivity index (χ4v) is 4.06. The Kier molecular flexibility index (Phi) is 2.40. The van der Waals surface area contributed by atoms with Crippen molar-refractivity contribution in [1.82, 2.24) is 10.3 Å². The molecular formula is C16H10N4O5. The van der Waals surface area contributed by atoms with Crippen LogP contribution in [0.25, 0.3) is 21.9 Å². The second-order valence-corrected chi connectivity index (χ2v) is 6.22. The molecule has 2 aliphatic rings. The molecule has 1 aliphatic carbocycles. The summed E-state index contributed by atoms with van der Waals surface area (Å²) >= 11 is 0. The highest BCUT2D eigenvalue weighted by atomic mass is 16.6. The molecule has 1 aliphatic heterocycles. The van der Waals surface area contributed by atoms with E-state index in [0.717, 1.165) is 23.6 Å². The van der Waals surface area contributed by atoms with Crippen LogP contribution in [0.2, 0.25) is 0 Å². The fraction of sp³-hybridized carbons (Fsp3) is 0.188. The zero-order valence-electron chi connectivity index (χ0n) is 12.7. The van der Waals surface area contributed by atoms with Gasteiger partial charge in [-0.1, -0.05) is 4.73 Å². The standard InChI is InChI=1S/C16H10N4O5/c21-15-11-6-2-1-3-7(6)13-10(12(11)16(22)18-15)8-4-5-9(20(24)25)19(23)14(8)17-13/h4-5,17H,1-3H2,(H,18,21,22). The highest BCUT2D eigenvalue weighted by Crippen LogP contribution is 2.40. The minimum atomic E-state index is -0.761. The number of hydrogen-bond acceptors (Lipinski definition) is 5. The molecule has 3 aromatic rings. The molecule has 3 heterocycles. The van der Waals surface area contributed by atoms with Gasteiger partial charge in [-0.2, -0.15) is 0 Å². The average molecular weight is 338 g/mol. The van der Waals surface area contributed by atoms with Gasteiger partial charge in [-0.15, -0.1) is 0 Å². The topological polar surface area (TPSA) is 132 Å². The van der Waals surface area contributed by atoms with Crippen molar-refractivity contribution in [1.29, 1.82) is 0 Å². The van der Waals surface area contributed by atoms with Gasteiger partial charge in [-0.25, -0.2) is 0 Å². The molecule has 9 heteroatoms. The van der Waals surface area contributed by atoms with E-state index in [0.29, 0.717) is 34.7 Å². The SMILES string of the molecule is O=C1NC(=O)c2c1c1c(c3[nH]c4c(ccc([N+](=O)[O-])[n+]4[O-])c23)CCC1. The Balaban J connectivity index is 2.03. The quantitative estimate of drug-likeness (QED) is 0.226. The van der Waals surface area contributed by atoms with Crippen molar-refractivity contribution in [3.63, 3.8) is 0 Å². The van der Waals surface area contributed by atoms with Gasteiger partial charge in [-0.3, -0.25) is 30.0 Å². The Bertz CT molecular complexity index is 1180. The van der Waals surface area contributed by atoms with Gasteiger partial charge in [0.2, 0.25) is 0 Å². The van der Waals surface area contributed by atoms with Crippen LogP contribution in [0, 0.1) is 15.3 Å². The second-order valence-electron chi connectivity index (χ2n) is 6.22. The van der Waals surface area contributed by atoms with Crippen molar-refractivity contribution in [2.45, 2.75) is 19.3 Å². The van der Waals surface area contributed by atoms with Gasteiger partial charge in [0, 0.05) is 5.39 Å². The molecule has 0 bridgehead atoms. The summed E-state index contributed by atoms with van der Waals surface area (Å²) in [6.07, 6.45) is 2.24. The zero-order valence-corrected chi connectivity index (χ0v) is 12.7. The maximum Gasteiger partial charge on any atom is 0.514 e. The maximum absolute atomic E-state index is 12.4. The van der Waals surface area contributed by atoms with Gasteiger partial charge < -0.3 is 5.21 Å². The minimum Gasteiger partial charge on any atom is -0.612 e. The number of nitrogens with zero attached hydrogens (tertiary/aromatic N) is 2. The predicted molar refractivity (Wildman–Crippen MR) is 85.2 cm³/mol. The molecule has 0 atom stereocenters. The third-order valence-electron chi connectivity index (χ3n) is 5.02. The van der Waals surface area contributed by atoms with Gasteiger partial charge in [-0.05, 0) is 36.5 Å². The number of aromatic nitrogens is 2. The number of hydrogen-bond donors (Lipinski definition) is 2. The molecule has 0 fully saturated rings. The van der Waals surface area contributed by atoms with Crippen LogP contribution in [0.3, 0.4) is 0 Å². The third kappa shape index (κ3) is 1.54. The van der Waals surface area contributed by atoms with Crippen molar-refractivity contribution in [2.24, 2.45) is 0 Å². The van der Waals surface area contributed by atoms with Crippen LogP contribution in [0.15, 0.2) is 12.1 Å². The first kappa shape index (κ1) is 13.9.